The third-order valence-corrected chi connectivity index (χ3v) is 7.69. The monoisotopic (exact) mass is 544 g/mol. The van der Waals surface area contributed by atoms with Gasteiger partial charge < -0.3 is 10.2 Å². The fourth-order valence-corrected chi connectivity index (χ4v) is 5.37. The fraction of sp³-hybridized carbons (Fsp3) is 0.0500. The van der Waals surface area contributed by atoms with Gasteiger partial charge in [0.25, 0.3) is 0 Å². The second kappa shape index (κ2) is 12.7. The Hall–Kier alpha value is -5.02. The Labute approximate surface area is 247 Å². The number of hydrogen-bond donors (Lipinski definition) is 2. The maximum absolute atomic E-state index is 11.5. The van der Waals surface area contributed by atoms with Crippen LogP contribution in [0.15, 0.2) is 121 Å². The van der Waals surface area contributed by atoms with Crippen LogP contribution in [0.3, 0.4) is 0 Å². The SMILES string of the molecule is O[C@H]1c2ccccc2/C=C\c2ccccc2/C=C\c2ccccc2/C=C\c2ccccc2/C=C\c2ccccc2[C@@H]1O. The van der Waals surface area contributed by atoms with Crippen LogP contribution < -0.4 is 0 Å². The van der Waals surface area contributed by atoms with Crippen molar-refractivity contribution >= 4 is 48.6 Å². The van der Waals surface area contributed by atoms with E-state index in [-0.39, 0.29) is 0 Å². The molecule has 1 aliphatic carbocycles. The number of fused-ring (bicyclic) bond motifs is 5. The van der Waals surface area contributed by atoms with Crippen LogP contribution in [-0.2, 0) is 0 Å². The van der Waals surface area contributed by atoms with Crippen LogP contribution in [0.4, 0.5) is 0 Å². The molecule has 2 N–H and O–H groups in total. The van der Waals surface area contributed by atoms with Gasteiger partial charge in [-0.3, -0.25) is 0 Å². The molecule has 0 spiro atoms. The van der Waals surface area contributed by atoms with Crippen molar-refractivity contribution in [1.29, 1.82) is 0 Å². The molecule has 5 aromatic carbocycles. The Balaban J connectivity index is 1.52. The molecule has 42 heavy (non-hydrogen) atoms. The summed E-state index contributed by atoms with van der Waals surface area (Å²) in [5.74, 6) is 0. The predicted octanol–water partition coefficient (Wildman–Crippen LogP) is 9.45. The summed E-state index contributed by atoms with van der Waals surface area (Å²) in [6, 6.07) is 40.3. The first kappa shape index (κ1) is 27.2. The molecule has 0 aromatic heterocycles. The summed E-state index contributed by atoms with van der Waals surface area (Å²) in [5.41, 5.74) is 9.62. The van der Waals surface area contributed by atoms with Crippen molar-refractivity contribution < 1.29 is 10.2 Å². The summed E-state index contributed by atoms with van der Waals surface area (Å²) in [5, 5.41) is 22.9. The fourth-order valence-electron chi connectivity index (χ4n) is 5.37. The summed E-state index contributed by atoms with van der Waals surface area (Å²) >= 11 is 0. The summed E-state index contributed by atoms with van der Waals surface area (Å²) < 4.78 is 0. The lowest BCUT2D eigenvalue weighted by Crippen LogP contribution is -2.12. The first-order valence-electron chi connectivity index (χ1n) is 14.2. The number of aliphatic hydroxyl groups is 2. The van der Waals surface area contributed by atoms with Crippen LogP contribution in [-0.4, -0.2) is 10.2 Å². The van der Waals surface area contributed by atoms with Gasteiger partial charge in [-0.15, -0.1) is 0 Å². The summed E-state index contributed by atoms with van der Waals surface area (Å²) in [6.45, 7) is 0. The van der Waals surface area contributed by atoms with E-state index in [2.05, 4.69) is 85.0 Å². The van der Waals surface area contributed by atoms with Gasteiger partial charge in [-0.1, -0.05) is 170 Å². The zero-order valence-electron chi connectivity index (χ0n) is 23.2. The van der Waals surface area contributed by atoms with Crippen LogP contribution in [0.2, 0.25) is 0 Å². The standard InChI is InChI=1S/C40H32O2/c41-39-37-19-9-7-17-35(37)27-25-33-15-5-3-13-31(33)23-21-29-11-1-2-12-30(29)22-24-32-14-4-6-16-34(32)26-28-36-18-8-10-20-38(36)40(39)42/h1-28,39-42H/b23-21-,24-22-,27-25-,28-26-/t39-,40-/m0/s1. The van der Waals surface area contributed by atoms with E-state index >= 15 is 0 Å². The molecule has 1 aliphatic rings. The van der Waals surface area contributed by atoms with Crippen molar-refractivity contribution in [3.8, 4) is 0 Å². The van der Waals surface area contributed by atoms with Crippen molar-refractivity contribution in [3.05, 3.63) is 177 Å². The molecule has 2 nitrogen and oxygen atoms in total. The van der Waals surface area contributed by atoms with Crippen molar-refractivity contribution in [2.75, 3.05) is 0 Å². The zero-order valence-corrected chi connectivity index (χ0v) is 23.2. The van der Waals surface area contributed by atoms with Gasteiger partial charge in [0, 0.05) is 0 Å². The highest BCUT2D eigenvalue weighted by Gasteiger charge is 2.23. The van der Waals surface area contributed by atoms with Crippen LogP contribution in [0.5, 0.6) is 0 Å². The minimum absolute atomic E-state index is 0.673. The number of aliphatic hydroxyl groups excluding tert-OH is 2. The van der Waals surface area contributed by atoms with E-state index in [9.17, 15) is 10.2 Å². The van der Waals surface area contributed by atoms with Crippen molar-refractivity contribution in [3.63, 3.8) is 0 Å². The van der Waals surface area contributed by atoms with Crippen molar-refractivity contribution in [1.82, 2.24) is 0 Å². The predicted molar refractivity (Wildman–Crippen MR) is 178 cm³/mol. The Bertz CT molecular complexity index is 1690. The zero-order chi connectivity index (χ0) is 28.7. The lowest BCUT2D eigenvalue weighted by Gasteiger charge is -2.22. The maximum Gasteiger partial charge on any atom is 0.110 e. The molecule has 204 valence electrons. The minimum atomic E-state index is -1.10. The van der Waals surface area contributed by atoms with E-state index in [0.717, 1.165) is 44.5 Å². The molecule has 0 unspecified atom stereocenters. The molecule has 0 radical (unpaired) electrons. The molecule has 2 heteroatoms. The van der Waals surface area contributed by atoms with E-state index in [1.54, 1.807) is 0 Å². The number of benzene rings is 5. The van der Waals surface area contributed by atoms with Crippen LogP contribution in [0.25, 0.3) is 48.6 Å². The highest BCUT2D eigenvalue weighted by atomic mass is 16.3. The highest BCUT2D eigenvalue weighted by Crippen LogP contribution is 2.34. The van der Waals surface area contributed by atoms with Crippen molar-refractivity contribution in [2.24, 2.45) is 0 Å². The minimum Gasteiger partial charge on any atom is -0.385 e. The second-order valence-corrected chi connectivity index (χ2v) is 10.4. The van der Waals surface area contributed by atoms with Gasteiger partial charge in [0.2, 0.25) is 0 Å². The molecule has 6 rings (SSSR count). The molecule has 0 aliphatic heterocycles. The molecular weight excluding hydrogens is 512 g/mol. The third kappa shape index (κ3) is 6.01. The molecule has 0 saturated heterocycles. The van der Waals surface area contributed by atoms with E-state index in [1.165, 1.54) is 0 Å². The first-order valence-corrected chi connectivity index (χ1v) is 14.2. The summed E-state index contributed by atoms with van der Waals surface area (Å²) in [4.78, 5) is 0. The Morgan fingerprint density at radius 3 is 0.714 bits per heavy atom. The smallest absolute Gasteiger partial charge is 0.110 e. The molecule has 0 heterocycles. The molecule has 2 atom stereocenters. The Kier molecular flexibility index (Phi) is 8.19. The van der Waals surface area contributed by atoms with Gasteiger partial charge in [0.1, 0.15) is 12.2 Å². The van der Waals surface area contributed by atoms with Crippen molar-refractivity contribution in [2.45, 2.75) is 12.2 Å². The van der Waals surface area contributed by atoms with E-state index in [4.69, 9.17) is 0 Å². The largest absolute Gasteiger partial charge is 0.385 e. The van der Waals surface area contributed by atoms with E-state index < -0.39 is 12.2 Å². The average Bonchev–Trinajstić information content (AvgIpc) is 3.05. The quantitative estimate of drug-likeness (QED) is 0.204. The summed E-state index contributed by atoms with van der Waals surface area (Å²) in [7, 11) is 0. The van der Waals surface area contributed by atoms with E-state index in [1.807, 2.05) is 84.9 Å². The van der Waals surface area contributed by atoms with Gasteiger partial charge in [-0.2, -0.15) is 0 Å². The van der Waals surface area contributed by atoms with Gasteiger partial charge in [-0.25, -0.2) is 0 Å². The van der Waals surface area contributed by atoms with E-state index in [0.29, 0.717) is 11.1 Å². The Morgan fingerprint density at radius 2 is 0.452 bits per heavy atom. The number of rotatable bonds is 0. The molecular formula is C40H32O2. The highest BCUT2D eigenvalue weighted by molar-refractivity contribution is 5.85. The molecule has 0 bridgehead atoms. The van der Waals surface area contributed by atoms with Gasteiger partial charge in [0.15, 0.2) is 0 Å². The molecule has 0 fully saturated rings. The molecule has 0 amide bonds. The topological polar surface area (TPSA) is 40.5 Å². The Morgan fingerprint density at radius 1 is 0.262 bits per heavy atom. The summed E-state index contributed by atoms with van der Waals surface area (Å²) in [6.07, 6.45) is 14.5. The van der Waals surface area contributed by atoms with Gasteiger partial charge in [-0.05, 0) is 55.6 Å². The van der Waals surface area contributed by atoms with Gasteiger partial charge >= 0.3 is 0 Å². The lowest BCUT2D eigenvalue weighted by atomic mass is 9.91. The second-order valence-electron chi connectivity index (χ2n) is 10.4. The van der Waals surface area contributed by atoms with Gasteiger partial charge in [0.05, 0.1) is 0 Å². The first-order chi connectivity index (χ1) is 20.7. The van der Waals surface area contributed by atoms with Crippen LogP contribution in [0, 0.1) is 0 Å². The van der Waals surface area contributed by atoms with Crippen LogP contribution in [0.1, 0.15) is 67.8 Å². The van der Waals surface area contributed by atoms with Crippen LogP contribution >= 0.6 is 0 Å². The maximum atomic E-state index is 11.5. The normalized spacial score (nSPS) is 19.5. The third-order valence-electron chi connectivity index (χ3n) is 7.69. The average molecular weight is 545 g/mol. The lowest BCUT2D eigenvalue weighted by molar-refractivity contribution is 0.0170. The molecule has 0 saturated carbocycles. The number of hydrogen-bond acceptors (Lipinski definition) is 2. The molecule has 5 aromatic rings.